The first kappa shape index (κ1) is 14.3. The Balaban J connectivity index is 2.13. The highest BCUT2D eigenvalue weighted by Gasteiger charge is 2.23. The first-order chi connectivity index (χ1) is 9.40. The topological polar surface area (TPSA) is 92.4 Å². The van der Waals surface area contributed by atoms with Crippen molar-refractivity contribution >= 4 is 28.2 Å². The number of anilines is 1. The van der Waals surface area contributed by atoms with Gasteiger partial charge in [0.05, 0.1) is 22.2 Å². The lowest BCUT2D eigenvalue weighted by atomic mass is 9.99. The molecule has 0 aliphatic heterocycles. The van der Waals surface area contributed by atoms with E-state index in [1.165, 1.54) is 22.8 Å². The van der Waals surface area contributed by atoms with Gasteiger partial charge in [0.2, 0.25) is 5.91 Å². The van der Waals surface area contributed by atoms with Gasteiger partial charge in [0.1, 0.15) is 5.76 Å². The number of carboxylic acids is 1. The van der Waals surface area contributed by atoms with Crippen molar-refractivity contribution in [2.45, 2.75) is 26.7 Å². The van der Waals surface area contributed by atoms with Gasteiger partial charge in [0.15, 0.2) is 0 Å². The Morgan fingerprint density at radius 2 is 2.15 bits per heavy atom. The highest BCUT2D eigenvalue weighted by molar-refractivity contribution is 7.14. The standard InChI is InChI=1S/C13H14N2O4S/c1-6(11-7(2)15-19-8(11)3)12(16)14-10-4-9(5-20-10)13(17)18/h4-6H,1-3H3,(H,14,16)(H,17,18). The molecule has 2 aromatic heterocycles. The highest BCUT2D eigenvalue weighted by atomic mass is 32.1. The molecule has 0 saturated heterocycles. The smallest absolute Gasteiger partial charge is 0.336 e. The van der Waals surface area contributed by atoms with E-state index in [-0.39, 0.29) is 11.5 Å². The number of carbonyl (C=O) groups is 2. The van der Waals surface area contributed by atoms with Gasteiger partial charge < -0.3 is 14.9 Å². The minimum atomic E-state index is -1.01. The molecule has 0 aliphatic carbocycles. The van der Waals surface area contributed by atoms with E-state index in [9.17, 15) is 9.59 Å². The fourth-order valence-electron chi connectivity index (χ4n) is 1.98. The molecule has 0 aromatic carbocycles. The summed E-state index contributed by atoms with van der Waals surface area (Å²) in [5.41, 5.74) is 1.61. The van der Waals surface area contributed by atoms with Crippen LogP contribution in [0.25, 0.3) is 0 Å². The molecule has 0 radical (unpaired) electrons. The zero-order valence-electron chi connectivity index (χ0n) is 11.3. The molecular formula is C13H14N2O4S. The van der Waals surface area contributed by atoms with Crippen molar-refractivity contribution in [1.29, 1.82) is 0 Å². The number of rotatable bonds is 4. The average Bonchev–Trinajstić information content (AvgIpc) is 2.96. The largest absolute Gasteiger partial charge is 0.478 e. The number of thiophene rings is 1. The van der Waals surface area contributed by atoms with Crippen molar-refractivity contribution in [3.8, 4) is 0 Å². The van der Waals surface area contributed by atoms with Gasteiger partial charge in [0.25, 0.3) is 0 Å². The Kier molecular flexibility index (Phi) is 3.89. The van der Waals surface area contributed by atoms with Crippen LogP contribution in [-0.4, -0.2) is 22.1 Å². The predicted octanol–water partition coefficient (Wildman–Crippen LogP) is 2.79. The molecule has 1 amide bonds. The summed E-state index contributed by atoms with van der Waals surface area (Å²) in [4.78, 5) is 23.0. The van der Waals surface area contributed by atoms with E-state index >= 15 is 0 Å². The lowest BCUT2D eigenvalue weighted by molar-refractivity contribution is -0.117. The third-order valence-corrected chi connectivity index (χ3v) is 3.85. The van der Waals surface area contributed by atoms with Crippen molar-refractivity contribution in [1.82, 2.24) is 5.16 Å². The Morgan fingerprint density at radius 1 is 1.45 bits per heavy atom. The van der Waals surface area contributed by atoms with Crippen molar-refractivity contribution in [3.63, 3.8) is 0 Å². The first-order valence-corrected chi connectivity index (χ1v) is 6.83. The summed E-state index contributed by atoms with van der Waals surface area (Å²) in [7, 11) is 0. The van der Waals surface area contributed by atoms with Crippen LogP contribution < -0.4 is 5.32 Å². The molecule has 6 nitrogen and oxygen atoms in total. The molecule has 7 heteroatoms. The van der Waals surface area contributed by atoms with Gasteiger partial charge in [-0.1, -0.05) is 5.16 Å². The van der Waals surface area contributed by atoms with Gasteiger partial charge in [-0.15, -0.1) is 11.3 Å². The van der Waals surface area contributed by atoms with Gasteiger partial charge in [-0.3, -0.25) is 4.79 Å². The molecular weight excluding hydrogens is 280 g/mol. The van der Waals surface area contributed by atoms with Crippen molar-refractivity contribution in [2.24, 2.45) is 0 Å². The molecule has 0 spiro atoms. The zero-order chi connectivity index (χ0) is 14.9. The maximum absolute atomic E-state index is 12.2. The van der Waals surface area contributed by atoms with Crippen LogP contribution in [0.4, 0.5) is 5.00 Å². The number of nitrogens with one attached hydrogen (secondary N) is 1. The number of aromatic nitrogens is 1. The van der Waals surface area contributed by atoms with Gasteiger partial charge in [0, 0.05) is 10.9 Å². The third-order valence-electron chi connectivity index (χ3n) is 3.01. The van der Waals surface area contributed by atoms with Crippen LogP contribution in [0.15, 0.2) is 16.0 Å². The lowest BCUT2D eigenvalue weighted by Crippen LogP contribution is -2.19. The molecule has 0 aliphatic rings. The maximum Gasteiger partial charge on any atom is 0.336 e. The highest BCUT2D eigenvalue weighted by Crippen LogP contribution is 2.26. The van der Waals surface area contributed by atoms with Crippen molar-refractivity contribution < 1.29 is 19.2 Å². The summed E-state index contributed by atoms with van der Waals surface area (Å²) in [5.74, 6) is -1.04. The van der Waals surface area contributed by atoms with E-state index in [0.717, 1.165) is 5.56 Å². The van der Waals surface area contributed by atoms with E-state index in [4.69, 9.17) is 9.63 Å². The van der Waals surface area contributed by atoms with E-state index in [1.807, 2.05) is 0 Å². The van der Waals surface area contributed by atoms with Gasteiger partial charge >= 0.3 is 5.97 Å². The van der Waals surface area contributed by atoms with E-state index in [2.05, 4.69) is 10.5 Å². The molecule has 1 unspecified atom stereocenters. The molecule has 0 bridgehead atoms. The number of carbonyl (C=O) groups excluding carboxylic acids is 1. The fraction of sp³-hybridized carbons (Fsp3) is 0.308. The van der Waals surface area contributed by atoms with Crippen LogP contribution in [0.3, 0.4) is 0 Å². The molecule has 20 heavy (non-hydrogen) atoms. The summed E-state index contributed by atoms with van der Waals surface area (Å²) < 4.78 is 5.05. The number of hydrogen-bond acceptors (Lipinski definition) is 5. The van der Waals surface area contributed by atoms with Gasteiger partial charge in [-0.2, -0.15) is 0 Å². The number of amides is 1. The van der Waals surface area contributed by atoms with Crippen LogP contribution in [0.5, 0.6) is 0 Å². The number of aryl methyl sites for hydroxylation is 2. The van der Waals surface area contributed by atoms with Crippen LogP contribution in [0, 0.1) is 13.8 Å². The summed E-state index contributed by atoms with van der Waals surface area (Å²) in [6.07, 6.45) is 0. The normalized spacial score (nSPS) is 12.2. The van der Waals surface area contributed by atoms with Crippen molar-refractivity contribution in [2.75, 3.05) is 5.32 Å². The zero-order valence-corrected chi connectivity index (χ0v) is 12.1. The summed E-state index contributed by atoms with van der Waals surface area (Å²) in [6, 6.07) is 1.44. The lowest BCUT2D eigenvalue weighted by Gasteiger charge is -2.10. The van der Waals surface area contributed by atoms with Gasteiger partial charge in [-0.05, 0) is 26.8 Å². The summed E-state index contributed by atoms with van der Waals surface area (Å²) in [6.45, 7) is 5.30. The van der Waals surface area contributed by atoms with Gasteiger partial charge in [-0.25, -0.2) is 4.79 Å². The molecule has 2 heterocycles. The minimum Gasteiger partial charge on any atom is -0.478 e. The third kappa shape index (κ3) is 2.72. The minimum absolute atomic E-state index is 0.162. The average molecular weight is 294 g/mol. The Labute approximate surface area is 119 Å². The Bertz CT molecular complexity index is 640. The van der Waals surface area contributed by atoms with Crippen LogP contribution in [-0.2, 0) is 4.79 Å². The van der Waals surface area contributed by atoms with E-state index in [1.54, 1.807) is 20.8 Å². The first-order valence-electron chi connectivity index (χ1n) is 5.95. The SMILES string of the molecule is Cc1noc(C)c1C(C)C(=O)Nc1cc(C(=O)O)cs1. The monoisotopic (exact) mass is 294 g/mol. The number of nitrogens with zero attached hydrogens (tertiary/aromatic N) is 1. The molecule has 2 rings (SSSR count). The Morgan fingerprint density at radius 3 is 2.65 bits per heavy atom. The second-order valence-corrected chi connectivity index (χ2v) is 5.36. The van der Waals surface area contributed by atoms with E-state index < -0.39 is 11.9 Å². The molecule has 1 atom stereocenters. The number of hydrogen-bond donors (Lipinski definition) is 2. The Hall–Kier alpha value is -2.15. The second-order valence-electron chi connectivity index (χ2n) is 4.45. The van der Waals surface area contributed by atoms with E-state index in [0.29, 0.717) is 16.5 Å². The van der Waals surface area contributed by atoms with Crippen molar-refractivity contribution in [3.05, 3.63) is 34.0 Å². The number of aromatic carboxylic acids is 1. The van der Waals surface area contributed by atoms with Crippen LogP contribution >= 0.6 is 11.3 Å². The molecule has 2 aromatic rings. The quantitative estimate of drug-likeness (QED) is 0.904. The number of carboxylic acid groups (broad SMARTS) is 1. The predicted molar refractivity (Wildman–Crippen MR) is 74.3 cm³/mol. The molecule has 0 fully saturated rings. The molecule has 2 N–H and O–H groups in total. The molecule has 106 valence electrons. The summed E-state index contributed by atoms with van der Waals surface area (Å²) in [5, 5.41) is 17.4. The second kappa shape index (κ2) is 5.46. The maximum atomic E-state index is 12.2. The fourth-order valence-corrected chi connectivity index (χ4v) is 2.76. The summed E-state index contributed by atoms with van der Waals surface area (Å²) >= 11 is 1.18. The van der Waals surface area contributed by atoms with Crippen LogP contribution in [0.2, 0.25) is 0 Å². The van der Waals surface area contributed by atoms with Crippen LogP contribution in [0.1, 0.15) is 40.2 Å². The molecule has 0 saturated carbocycles.